The number of benzene rings is 1. The summed E-state index contributed by atoms with van der Waals surface area (Å²) in [6.45, 7) is 1.70. The zero-order valence-electron chi connectivity index (χ0n) is 14.3. The third kappa shape index (κ3) is 6.16. The van der Waals surface area contributed by atoms with Crippen LogP contribution in [-0.4, -0.2) is 64.2 Å². The first kappa shape index (κ1) is 20.6. The molecule has 0 spiro atoms. The molecule has 0 fully saturated rings. The monoisotopic (exact) mass is 370 g/mol. The summed E-state index contributed by atoms with van der Waals surface area (Å²) in [5, 5.41) is 7.25. The summed E-state index contributed by atoms with van der Waals surface area (Å²) < 4.78 is 25.2. The highest BCUT2D eigenvalue weighted by Gasteiger charge is 2.19. The van der Waals surface area contributed by atoms with Gasteiger partial charge in [-0.05, 0) is 25.1 Å². The van der Waals surface area contributed by atoms with Crippen molar-refractivity contribution >= 4 is 27.7 Å². The molecule has 3 N–H and O–H groups in total. The maximum Gasteiger partial charge on any atom is 0.251 e. The zero-order valence-corrected chi connectivity index (χ0v) is 15.1. The molecule has 0 saturated carbocycles. The molecule has 138 valence electrons. The van der Waals surface area contributed by atoms with Crippen molar-refractivity contribution in [3.8, 4) is 0 Å². The second kappa shape index (κ2) is 9.14. The van der Waals surface area contributed by atoms with Crippen LogP contribution in [0.15, 0.2) is 29.2 Å². The molecule has 0 aliphatic heterocycles. The van der Waals surface area contributed by atoms with Crippen LogP contribution >= 0.6 is 0 Å². The zero-order chi connectivity index (χ0) is 19.0. The first-order valence-electron chi connectivity index (χ1n) is 7.52. The van der Waals surface area contributed by atoms with Crippen molar-refractivity contribution < 1.29 is 22.8 Å². The van der Waals surface area contributed by atoms with Crippen molar-refractivity contribution in [2.45, 2.75) is 11.8 Å². The summed E-state index contributed by atoms with van der Waals surface area (Å²) >= 11 is 0. The Kier molecular flexibility index (Phi) is 7.52. The Balaban J connectivity index is 2.64. The van der Waals surface area contributed by atoms with Crippen LogP contribution in [0, 0.1) is 0 Å². The molecule has 0 saturated heterocycles. The molecule has 0 atom stereocenters. The summed E-state index contributed by atoms with van der Waals surface area (Å²) in [4.78, 5) is 34.9. The molecule has 9 nitrogen and oxygen atoms in total. The summed E-state index contributed by atoms with van der Waals surface area (Å²) in [6.07, 6.45) is 0. The Morgan fingerprint density at radius 3 is 2.20 bits per heavy atom. The lowest BCUT2D eigenvalue weighted by Crippen LogP contribution is -2.41. The van der Waals surface area contributed by atoms with E-state index in [1.54, 1.807) is 6.92 Å². The number of amides is 3. The Morgan fingerprint density at radius 2 is 1.60 bits per heavy atom. The van der Waals surface area contributed by atoms with Gasteiger partial charge >= 0.3 is 0 Å². The first-order valence-corrected chi connectivity index (χ1v) is 8.96. The van der Waals surface area contributed by atoms with Crippen LogP contribution in [0.25, 0.3) is 0 Å². The third-order valence-corrected chi connectivity index (χ3v) is 4.92. The second-order valence-electron chi connectivity index (χ2n) is 5.23. The highest BCUT2D eigenvalue weighted by atomic mass is 32.2. The van der Waals surface area contributed by atoms with Crippen LogP contribution in [-0.2, 0) is 19.6 Å². The summed E-state index contributed by atoms with van der Waals surface area (Å²) in [7, 11) is -0.878. The van der Waals surface area contributed by atoms with Crippen molar-refractivity contribution in [1.29, 1.82) is 0 Å². The van der Waals surface area contributed by atoms with Crippen LogP contribution < -0.4 is 16.0 Å². The Morgan fingerprint density at radius 1 is 1.00 bits per heavy atom. The van der Waals surface area contributed by atoms with Gasteiger partial charge in [0.15, 0.2) is 0 Å². The minimum absolute atomic E-state index is 0.0224. The molecular formula is C15H22N4O5S. The number of carbonyl (C=O) groups is 3. The largest absolute Gasteiger partial charge is 0.355 e. The van der Waals surface area contributed by atoms with Gasteiger partial charge in [-0.3, -0.25) is 14.4 Å². The van der Waals surface area contributed by atoms with Crippen LogP contribution in [0.2, 0.25) is 0 Å². The van der Waals surface area contributed by atoms with Gasteiger partial charge in [0.1, 0.15) is 0 Å². The number of likely N-dealkylation sites (N-methyl/N-ethyl adjacent to an activating group) is 1. The number of carbonyl (C=O) groups excluding carboxylic acids is 3. The van der Waals surface area contributed by atoms with Gasteiger partial charge in [0.05, 0.1) is 18.0 Å². The Bertz CT molecular complexity index is 746. The fourth-order valence-electron chi connectivity index (χ4n) is 1.77. The fourth-order valence-corrected chi connectivity index (χ4v) is 2.72. The highest BCUT2D eigenvalue weighted by molar-refractivity contribution is 7.89. The van der Waals surface area contributed by atoms with E-state index in [-0.39, 0.29) is 29.5 Å². The molecule has 0 bridgehead atoms. The van der Waals surface area contributed by atoms with Gasteiger partial charge in [-0.15, -0.1) is 0 Å². The molecule has 3 amide bonds. The summed E-state index contributed by atoms with van der Waals surface area (Å²) in [6, 6.07) is 5.50. The van der Waals surface area contributed by atoms with E-state index in [0.717, 1.165) is 4.31 Å². The lowest BCUT2D eigenvalue weighted by atomic mass is 10.2. The number of sulfonamides is 1. The van der Waals surface area contributed by atoms with E-state index in [2.05, 4.69) is 16.0 Å². The topological polar surface area (TPSA) is 125 Å². The lowest BCUT2D eigenvalue weighted by Gasteiger charge is -2.12. The van der Waals surface area contributed by atoms with Crippen molar-refractivity contribution in [1.82, 2.24) is 20.3 Å². The van der Waals surface area contributed by atoms with Crippen molar-refractivity contribution in [2.75, 3.05) is 33.7 Å². The second-order valence-corrected chi connectivity index (χ2v) is 7.38. The molecule has 1 aromatic rings. The standard InChI is InChI=1S/C15H22N4O5S/c1-4-16-13(20)9-17-14(21)10-18-15(22)11-6-5-7-12(8-11)25(23,24)19(2)3/h5-8H,4,9-10H2,1-3H3,(H,16,20)(H,17,21)(H,18,22). The average Bonchev–Trinajstić information content (AvgIpc) is 2.58. The average molecular weight is 370 g/mol. The van der Waals surface area contributed by atoms with Gasteiger partial charge in [-0.25, -0.2) is 12.7 Å². The predicted octanol–water partition coefficient (Wildman–Crippen LogP) is -1.08. The third-order valence-electron chi connectivity index (χ3n) is 3.10. The maximum atomic E-state index is 12.1. The minimum atomic E-state index is -3.66. The van der Waals surface area contributed by atoms with E-state index in [1.807, 2.05) is 0 Å². The van der Waals surface area contributed by atoms with E-state index in [0.29, 0.717) is 6.54 Å². The fraction of sp³-hybridized carbons (Fsp3) is 0.400. The van der Waals surface area contributed by atoms with E-state index < -0.39 is 21.8 Å². The van der Waals surface area contributed by atoms with Gasteiger partial charge < -0.3 is 16.0 Å². The van der Waals surface area contributed by atoms with Crippen molar-refractivity contribution in [3.05, 3.63) is 29.8 Å². The van der Waals surface area contributed by atoms with Gasteiger partial charge in [0.2, 0.25) is 21.8 Å². The van der Waals surface area contributed by atoms with Gasteiger partial charge in [-0.1, -0.05) is 6.07 Å². The van der Waals surface area contributed by atoms with Gasteiger partial charge in [-0.2, -0.15) is 0 Å². The molecule has 0 aliphatic rings. The smallest absolute Gasteiger partial charge is 0.251 e. The Labute approximate surface area is 146 Å². The van der Waals surface area contributed by atoms with E-state index in [1.165, 1.54) is 38.4 Å². The van der Waals surface area contributed by atoms with E-state index >= 15 is 0 Å². The molecule has 25 heavy (non-hydrogen) atoms. The number of nitrogens with zero attached hydrogens (tertiary/aromatic N) is 1. The summed E-state index contributed by atoms with van der Waals surface area (Å²) in [5.74, 6) is -1.45. The van der Waals surface area contributed by atoms with Gasteiger partial charge in [0, 0.05) is 26.2 Å². The lowest BCUT2D eigenvalue weighted by molar-refractivity contribution is -0.125. The van der Waals surface area contributed by atoms with E-state index in [4.69, 9.17) is 0 Å². The van der Waals surface area contributed by atoms with Crippen LogP contribution in [0.4, 0.5) is 0 Å². The summed E-state index contributed by atoms with van der Waals surface area (Å²) in [5.41, 5.74) is 0.111. The molecule has 0 radical (unpaired) electrons. The molecule has 1 aromatic carbocycles. The molecule has 0 aliphatic carbocycles. The van der Waals surface area contributed by atoms with Crippen LogP contribution in [0.5, 0.6) is 0 Å². The number of rotatable bonds is 8. The maximum absolute atomic E-state index is 12.1. The Hall–Kier alpha value is -2.46. The molecule has 10 heteroatoms. The molecule has 0 unspecified atom stereocenters. The molecule has 0 aromatic heterocycles. The number of hydrogen-bond acceptors (Lipinski definition) is 5. The minimum Gasteiger partial charge on any atom is -0.355 e. The van der Waals surface area contributed by atoms with Crippen molar-refractivity contribution in [3.63, 3.8) is 0 Å². The quantitative estimate of drug-likeness (QED) is 0.537. The predicted molar refractivity (Wildman–Crippen MR) is 91.3 cm³/mol. The van der Waals surface area contributed by atoms with Crippen molar-refractivity contribution in [2.24, 2.45) is 0 Å². The first-order chi connectivity index (χ1) is 11.7. The molecular weight excluding hydrogens is 348 g/mol. The van der Waals surface area contributed by atoms with Crippen LogP contribution in [0.1, 0.15) is 17.3 Å². The van der Waals surface area contributed by atoms with Crippen LogP contribution in [0.3, 0.4) is 0 Å². The van der Waals surface area contributed by atoms with Gasteiger partial charge in [0.25, 0.3) is 5.91 Å². The number of nitrogens with one attached hydrogen (secondary N) is 3. The number of hydrogen-bond donors (Lipinski definition) is 3. The SMILES string of the molecule is CCNC(=O)CNC(=O)CNC(=O)c1cccc(S(=O)(=O)N(C)C)c1. The highest BCUT2D eigenvalue weighted by Crippen LogP contribution is 2.14. The van der Waals surface area contributed by atoms with E-state index in [9.17, 15) is 22.8 Å². The molecule has 0 heterocycles. The normalized spacial score (nSPS) is 11.0. The molecule has 1 rings (SSSR count).